The van der Waals surface area contributed by atoms with Crippen molar-refractivity contribution in [1.82, 2.24) is 9.97 Å². The zero-order valence-corrected chi connectivity index (χ0v) is 18.5. The number of thiophene rings is 1. The molecule has 5 rings (SSSR count). The highest BCUT2D eigenvalue weighted by Gasteiger charge is 2.22. The number of halogens is 1. The van der Waals surface area contributed by atoms with Crippen molar-refractivity contribution in [3.05, 3.63) is 69.3 Å². The minimum Gasteiger partial charge on any atom is -0.497 e. The van der Waals surface area contributed by atoms with E-state index in [1.54, 1.807) is 7.11 Å². The summed E-state index contributed by atoms with van der Waals surface area (Å²) in [6, 6.07) is 15.7. The van der Waals surface area contributed by atoms with Gasteiger partial charge in [0.1, 0.15) is 10.4 Å². The quantitative estimate of drug-likeness (QED) is 0.488. The Morgan fingerprint density at radius 2 is 1.74 bits per heavy atom. The molecule has 1 aliphatic rings. The van der Waals surface area contributed by atoms with Crippen molar-refractivity contribution in [3.8, 4) is 16.9 Å². The van der Waals surface area contributed by atoms with E-state index in [1.807, 2.05) is 53.9 Å². The highest BCUT2D eigenvalue weighted by Crippen LogP contribution is 2.33. The Hall–Kier alpha value is -3.03. The number of nitrogens with one attached hydrogen (secondary N) is 1. The molecule has 0 saturated carbocycles. The van der Waals surface area contributed by atoms with E-state index >= 15 is 0 Å². The van der Waals surface area contributed by atoms with E-state index in [1.165, 1.54) is 11.3 Å². The molecule has 2 aromatic carbocycles. The highest BCUT2D eigenvalue weighted by atomic mass is 35.5. The molecule has 0 bridgehead atoms. The van der Waals surface area contributed by atoms with Gasteiger partial charge < -0.3 is 14.5 Å². The molecule has 0 aliphatic carbocycles. The van der Waals surface area contributed by atoms with Crippen LogP contribution in [0.1, 0.15) is 0 Å². The van der Waals surface area contributed by atoms with Crippen LogP contribution >= 0.6 is 22.9 Å². The fraction of sp³-hybridized carbons (Fsp3) is 0.217. The Morgan fingerprint density at radius 1 is 1.03 bits per heavy atom. The van der Waals surface area contributed by atoms with Gasteiger partial charge in [0.05, 0.1) is 23.3 Å². The highest BCUT2D eigenvalue weighted by molar-refractivity contribution is 7.17. The van der Waals surface area contributed by atoms with E-state index in [4.69, 9.17) is 21.3 Å². The van der Waals surface area contributed by atoms with Crippen molar-refractivity contribution in [3.63, 3.8) is 0 Å². The number of piperazine rings is 1. The summed E-state index contributed by atoms with van der Waals surface area (Å²) in [6.45, 7) is 3.12. The molecule has 8 heteroatoms. The average Bonchev–Trinajstić information content (AvgIpc) is 3.24. The minimum absolute atomic E-state index is 0.0988. The van der Waals surface area contributed by atoms with Crippen LogP contribution in [-0.2, 0) is 0 Å². The first-order valence-corrected chi connectivity index (χ1v) is 11.3. The van der Waals surface area contributed by atoms with Gasteiger partial charge in [-0.25, -0.2) is 4.98 Å². The average molecular weight is 453 g/mol. The van der Waals surface area contributed by atoms with E-state index in [9.17, 15) is 4.79 Å². The Morgan fingerprint density at radius 3 is 2.45 bits per heavy atom. The van der Waals surface area contributed by atoms with Crippen molar-refractivity contribution in [1.29, 1.82) is 0 Å². The summed E-state index contributed by atoms with van der Waals surface area (Å²) in [7, 11) is 1.65. The lowest BCUT2D eigenvalue weighted by Crippen LogP contribution is -2.47. The van der Waals surface area contributed by atoms with Crippen LogP contribution < -0.4 is 20.1 Å². The molecule has 4 aromatic rings. The summed E-state index contributed by atoms with van der Waals surface area (Å²) in [5.41, 5.74) is 3.66. The normalized spacial score (nSPS) is 14.3. The lowest BCUT2D eigenvalue weighted by atomic mass is 10.1. The molecule has 6 nitrogen and oxygen atoms in total. The maximum atomic E-state index is 12.8. The van der Waals surface area contributed by atoms with Gasteiger partial charge in [0, 0.05) is 37.1 Å². The number of aromatic amines is 1. The SMILES string of the molecule is COc1ccc(-c2csc3c(=O)[nH]c(N4CCN(c5ccccc5Cl)CC4)nc23)cc1. The molecule has 1 aliphatic heterocycles. The molecule has 1 fully saturated rings. The minimum atomic E-state index is -0.0988. The van der Waals surface area contributed by atoms with E-state index in [0.29, 0.717) is 10.6 Å². The molecule has 158 valence electrons. The fourth-order valence-corrected chi connectivity index (χ4v) is 5.07. The number of nitrogens with zero attached hydrogens (tertiary/aromatic N) is 3. The Balaban J connectivity index is 1.43. The lowest BCUT2D eigenvalue weighted by molar-refractivity contribution is 0.415. The first kappa shape index (κ1) is 19.9. The summed E-state index contributed by atoms with van der Waals surface area (Å²) < 4.78 is 5.90. The number of fused-ring (bicyclic) bond motifs is 1. The summed E-state index contributed by atoms with van der Waals surface area (Å²) >= 11 is 7.78. The summed E-state index contributed by atoms with van der Waals surface area (Å²) in [4.78, 5) is 25.0. The molecule has 3 heterocycles. The Kier molecular flexibility index (Phi) is 5.29. The molecule has 0 amide bonds. The number of anilines is 2. The Bertz CT molecular complexity index is 1280. The third-order valence-electron chi connectivity index (χ3n) is 5.59. The van der Waals surface area contributed by atoms with Gasteiger partial charge in [-0.2, -0.15) is 0 Å². The van der Waals surface area contributed by atoms with Gasteiger partial charge in [0.15, 0.2) is 0 Å². The molecule has 0 unspecified atom stereocenters. The van der Waals surface area contributed by atoms with Crippen LogP contribution in [0.2, 0.25) is 5.02 Å². The predicted octanol–water partition coefficient (Wildman–Crippen LogP) is 4.64. The van der Waals surface area contributed by atoms with Gasteiger partial charge in [-0.15, -0.1) is 11.3 Å². The number of methoxy groups -OCH3 is 1. The third kappa shape index (κ3) is 3.75. The number of hydrogen-bond acceptors (Lipinski definition) is 6. The molecule has 0 spiro atoms. The molecule has 1 saturated heterocycles. The van der Waals surface area contributed by atoms with Crippen molar-refractivity contribution >= 4 is 44.8 Å². The van der Waals surface area contributed by atoms with E-state index in [2.05, 4.69) is 14.8 Å². The maximum Gasteiger partial charge on any atom is 0.270 e. The van der Waals surface area contributed by atoms with Crippen molar-refractivity contribution < 1.29 is 4.74 Å². The lowest BCUT2D eigenvalue weighted by Gasteiger charge is -2.36. The van der Waals surface area contributed by atoms with Crippen LogP contribution in [0.3, 0.4) is 0 Å². The first-order chi connectivity index (χ1) is 15.1. The predicted molar refractivity (Wildman–Crippen MR) is 128 cm³/mol. The molecule has 1 N–H and O–H groups in total. The number of para-hydroxylation sites is 1. The second-order valence-electron chi connectivity index (χ2n) is 7.37. The van der Waals surface area contributed by atoms with Crippen LogP contribution in [0, 0.1) is 0 Å². The number of H-pyrrole nitrogens is 1. The topological polar surface area (TPSA) is 61.5 Å². The van der Waals surface area contributed by atoms with Gasteiger partial charge in [-0.3, -0.25) is 9.78 Å². The van der Waals surface area contributed by atoms with Crippen LogP contribution in [0.5, 0.6) is 5.75 Å². The zero-order chi connectivity index (χ0) is 21.4. The second kappa shape index (κ2) is 8.24. The van der Waals surface area contributed by atoms with Gasteiger partial charge in [0.2, 0.25) is 5.95 Å². The second-order valence-corrected chi connectivity index (χ2v) is 8.66. The zero-order valence-electron chi connectivity index (χ0n) is 17.0. The van der Waals surface area contributed by atoms with E-state index < -0.39 is 0 Å². The van der Waals surface area contributed by atoms with E-state index in [0.717, 1.165) is 59.3 Å². The van der Waals surface area contributed by atoms with Crippen LogP contribution in [0.15, 0.2) is 58.7 Å². The van der Waals surface area contributed by atoms with Crippen LogP contribution in [-0.4, -0.2) is 43.3 Å². The van der Waals surface area contributed by atoms with Gasteiger partial charge in [-0.1, -0.05) is 35.9 Å². The third-order valence-corrected chi connectivity index (χ3v) is 6.88. The molecule has 0 radical (unpaired) electrons. The van der Waals surface area contributed by atoms with E-state index in [-0.39, 0.29) is 5.56 Å². The largest absolute Gasteiger partial charge is 0.497 e. The maximum absolute atomic E-state index is 12.8. The first-order valence-electron chi connectivity index (χ1n) is 10.0. The van der Waals surface area contributed by atoms with Crippen molar-refractivity contribution in [2.24, 2.45) is 0 Å². The summed E-state index contributed by atoms with van der Waals surface area (Å²) in [5, 5.41) is 2.75. The number of rotatable bonds is 4. The number of hydrogen-bond donors (Lipinski definition) is 1. The van der Waals surface area contributed by atoms with Gasteiger partial charge in [-0.05, 0) is 29.8 Å². The van der Waals surface area contributed by atoms with Gasteiger partial charge >= 0.3 is 0 Å². The van der Waals surface area contributed by atoms with Crippen molar-refractivity contribution in [2.75, 3.05) is 43.1 Å². The van der Waals surface area contributed by atoms with Crippen molar-refractivity contribution in [2.45, 2.75) is 0 Å². The summed E-state index contributed by atoms with van der Waals surface area (Å²) in [6.07, 6.45) is 0. The standard InChI is InChI=1S/C23H21ClN4O2S/c1-30-16-8-6-15(7-9-16)17-14-31-21-20(17)25-23(26-22(21)29)28-12-10-27(11-13-28)19-5-3-2-4-18(19)24/h2-9,14H,10-13H2,1H3,(H,25,26,29). The molecule has 2 aromatic heterocycles. The number of ether oxygens (including phenoxy) is 1. The Labute approximate surface area is 188 Å². The summed E-state index contributed by atoms with van der Waals surface area (Å²) in [5.74, 6) is 1.41. The molecular weight excluding hydrogens is 432 g/mol. The number of aromatic nitrogens is 2. The monoisotopic (exact) mass is 452 g/mol. The molecular formula is C23H21ClN4O2S. The fourth-order valence-electron chi connectivity index (χ4n) is 3.91. The van der Waals surface area contributed by atoms with Gasteiger partial charge in [0.25, 0.3) is 5.56 Å². The number of benzene rings is 2. The smallest absolute Gasteiger partial charge is 0.270 e. The van der Waals surface area contributed by atoms with Crippen LogP contribution in [0.25, 0.3) is 21.3 Å². The molecule has 31 heavy (non-hydrogen) atoms. The molecule has 0 atom stereocenters. The van der Waals surface area contributed by atoms with Crippen LogP contribution in [0.4, 0.5) is 11.6 Å².